The molecule has 2 aromatic rings. The Morgan fingerprint density at radius 2 is 2.00 bits per heavy atom. The van der Waals surface area contributed by atoms with E-state index in [2.05, 4.69) is 29.1 Å². The lowest BCUT2D eigenvalue weighted by molar-refractivity contribution is 0.378. The van der Waals surface area contributed by atoms with Crippen molar-refractivity contribution in [2.24, 2.45) is 0 Å². The van der Waals surface area contributed by atoms with Crippen molar-refractivity contribution in [1.29, 1.82) is 0 Å². The predicted molar refractivity (Wildman–Crippen MR) is 64.4 cm³/mol. The van der Waals surface area contributed by atoms with Crippen molar-refractivity contribution in [2.75, 3.05) is 11.4 Å². The van der Waals surface area contributed by atoms with E-state index in [1.54, 1.807) is 0 Å². The van der Waals surface area contributed by atoms with Gasteiger partial charge < -0.3 is 9.42 Å². The molecule has 0 N–H and O–H groups in total. The molecule has 0 unspecified atom stereocenters. The van der Waals surface area contributed by atoms with Gasteiger partial charge in [-0.15, -0.1) is 0 Å². The van der Waals surface area contributed by atoms with Gasteiger partial charge in [-0.25, -0.2) is 0 Å². The smallest absolute Gasteiger partial charge is 0.156 e. The predicted octanol–water partition coefficient (Wildman–Crippen LogP) is 3.01. The molecule has 0 spiro atoms. The maximum atomic E-state index is 5.23. The fourth-order valence-corrected chi connectivity index (χ4v) is 1.70. The first-order chi connectivity index (χ1) is 7.79. The van der Waals surface area contributed by atoms with Crippen LogP contribution in [0.25, 0.3) is 0 Å². The average Bonchev–Trinajstić information content (AvgIpc) is 2.73. The summed E-state index contributed by atoms with van der Waals surface area (Å²) in [5.41, 5.74) is 2.14. The first-order valence-electron chi connectivity index (χ1n) is 5.52. The molecule has 16 heavy (non-hydrogen) atoms. The van der Waals surface area contributed by atoms with Crippen LogP contribution in [0, 0.1) is 6.92 Å². The second-order valence-electron chi connectivity index (χ2n) is 3.78. The van der Waals surface area contributed by atoms with Gasteiger partial charge in [0.05, 0.1) is 12.2 Å². The normalized spacial score (nSPS) is 10.4. The van der Waals surface area contributed by atoms with Crippen molar-refractivity contribution in [3.63, 3.8) is 0 Å². The lowest BCUT2D eigenvalue weighted by Crippen LogP contribution is -2.21. The van der Waals surface area contributed by atoms with Gasteiger partial charge in [0, 0.05) is 18.3 Å². The molecule has 0 radical (unpaired) electrons. The molecule has 0 aliphatic carbocycles. The van der Waals surface area contributed by atoms with Gasteiger partial charge in [-0.3, -0.25) is 0 Å². The minimum Gasteiger partial charge on any atom is -0.364 e. The monoisotopic (exact) mass is 216 g/mol. The van der Waals surface area contributed by atoms with Crippen molar-refractivity contribution in [3.8, 4) is 0 Å². The summed E-state index contributed by atoms with van der Waals surface area (Å²) in [5.74, 6) is 0.906. The number of anilines is 1. The minimum absolute atomic E-state index is 0.765. The summed E-state index contributed by atoms with van der Waals surface area (Å²) in [7, 11) is 0. The molecule has 0 bridgehead atoms. The van der Waals surface area contributed by atoms with E-state index in [-0.39, 0.29) is 0 Å². The lowest BCUT2D eigenvalue weighted by atomic mass is 10.2. The molecule has 3 heteroatoms. The maximum absolute atomic E-state index is 5.23. The van der Waals surface area contributed by atoms with Crippen molar-refractivity contribution in [2.45, 2.75) is 20.4 Å². The molecule has 0 aliphatic rings. The largest absolute Gasteiger partial charge is 0.364 e. The molecule has 84 valence electrons. The Hall–Kier alpha value is -1.77. The van der Waals surface area contributed by atoms with Crippen LogP contribution < -0.4 is 4.90 Å². The van der Waals surface area contributed by atoms with E-state index in [4.69, 9.17) is 4.52 Å². The zero-order chi connectivity index (χ0) is 11.4. The van der Waals surface area contributed by atoms with E-state index in [0.717, 1.165) is 24.5 Å². The van der Waals surface area contributed by atoms with E-state index >= 15 is 0 Å². The molecule has 0 amide bonds. The van der Waals surface area contributed by atoms with Gasteiger partial charge in [0.25, 0.3) is 0 Å². The summed E-state index contributed by atoms with van der Waals surface area (Å²) in [5, 5.41) is 3.90. The molecule has 3 nitrogen and oxygen atoms in total. The SMILES string of the molecule is CCN(Cc1cc(C)no1)c1ccccc1. The third-order valence-electron chi connectivity index (χ3n) is 2.53. The number of hydrogen-bond donors (Lipinski definition) is 0. The van der Waals surface area contributed by atoms with Crippen molar-refractivity contribution in [1.82, 2.24) is 5.16 Å². The maximum Gasteiger partial charge on any atom is 0.156 e. The Kier molecular flexibility index (Phi) is 3.25. The topological polar surface area (TPSA) is 29.3 Å². The third kappa shape index (κ3) is 2.42. The fraction of sp³-hybridized carbons (Fsp3) is 0.308. The highest BCUT2D eigenvalue weighted by Gasteiger charge is 2.08. The molecule has 1 aromatic carbocycles. The second-order valence-corrected chi connectivity index (χ2v) is 3.78. The van der Waals surface area contributed by atoms with Crippen LogP contribution in [-0.4, -0.2) is 11.7 Å². The molecule has 1 aromatic heterocycles. The molecule has 1 heterocycles. The number of benzene rings is 1. The molecule has 0 atom stereocenters. The van der Waals surface area contributed by atoms with Crippen LogP contribution in [0.2, 0.25) is 0 Å². The Labute approximate surface area is 95.7 Å². The molecular weight excluding hydrogens is 200 g/mol. The summed E-state index contributed by atoms with van der Waals surface area (Å²) in [6, 6.07) is 12.3. The number of aryl methyl sites for hydroxylation is 1. The van der Waals surface area contributed by atoms with E-state index in [1.165, 1.54) is 5.69 Å². The second kappa shape index (κ2) is 4.84. The first-order valence-corrected chi connectivity index (χ1v) is 5.52. The van der Waals surface area contributed by atoms with Gasteiger partial charge in [-0.05, 0) is 26.0 Å². The van der Waals surface area contributed by atoms with Gasteiger partial charge in [0.2, 0.25) is 0 Å². The molecule has 0 fully saturated rings. The number of para-hydroxylation sites is 1. The summed E-state index contributed by atoms with van der Waals surface area (Å²) >= 11 is 0. The Bertz CT molecular complexity index is 436. The van der Waals surface area contributed by atoms with Crippen LogP contribution >= 0.6 is 0 Å². The number of aromatic nitrogens is 1. The number of rotatable bonds is 4. The molecule has 0 saturated heterocycles. The average molecular weight is 216 g/mol. The van der Waals surface area contributed by atoms with Gasteiger partial charge >= 0.3 is 0 Å². The zero-order valence-electron chi connectivity index (χ0n) is 9.68. The van der Waals surface area contributed by atoms with Crippen LogP contribution in [0.3, 0.4) is 0 Å². The van der Waals surface area contributed by atoms with Gasteiger partial charge in [-0.1, -0.05) is 23.4 Å². The summed E-state index contributed by atoms with van der Waals surface area (Å²) in [6.07, 6.45) is 0. The molecule has 0 saturated carbocycles. The van der Waals surface area contributed by atoms with Gasteiger partial charge in [0.1, 0.15) is 0 Å². The van der Waals surface area contributed by atoms with E-state index in [0.29, 0.717) is 0 Å². The van der Waals surface area contributed by atoms with Crippen molar-refractivity contribution in [3.05, 3.63) is 47.9 Å². The van der Waals surface area contributed by atoms with Crippen LogP contribution in [0.4, 0.5) is 5.69 Å². The van der Waals surface area contributed by atoms with Gasteiger partial charge in [-0.2, -0.15) is 0 Å². The summed E-state index contributed by atoms with van der Waals surface area (Å²) in [4.78, 5) is 2.25. The van der Waals surface area contributed by atoms with Gasteiger partial charge in [0.15, 0.2) is 5.76 Å². The Morgan fingerprint density at radius 3 is 2.56 bits per heavy atom. The Morgan fingerprint density at radius 1 is 1.25 bits per heavy atom. The van der Waals surface area contributed by atoms with Crippen molar-refractivity contribution >= 4 is 5.69 Å². The zero-order valence-corrected chi connectivity index (χ0v) is 9.68. The molecule has 0 aliphatic heterocycles. The standard InChI is InChI=1S/C13H16N2O/c1-3-15(12-7-5-4-6-8-12)10-13-9-11(2)14-16-13/h4-9H,3,10H2,1-2H3. The van der Waals surface area contributed by atoms with E-state index in [1.807, 2.05) is 31.2 Å². The van der Waals surface area contributed by atoms with Crippen LogP contribution in [-0.2, 0) is 6.54 Å². The van der Waals surface area contributed by atoms with Crippen LogP contribution in [0.15, 0.2) is 40.9 Å². The first kappa shape index (κ1) is 10.7. The van der Waals surface area contributed by atoms with E-state index in [9.17, 15) is 0 Å². The highest BCUT2D eigenvalue weighted by Crippen LogP contribution is 2.16. The fourth-order valence-electron chi connectivity index (χ4n) is 1.70. The quantitative estimate of drug-likeness (QED) is 0.786. The molecular formula is C13H16N2O. The minimum atomic E-state index is 0.765. The summed E-state index contributed by atoms with van der Waals surface area (Å²) < 4.78 is 5.23. The van der Waals surface area contributed by atoms with Crippen LogP contribution in [0.1, 0.15) is 18.4 Å². The van der Waals surface area contributed by atoms with Crippen molar-refractivity contribution < 1.29 is 4.52 Å². The number of hydrogen-bond acceptors (Lipinski definition) is 3. The Balaban J connectivity index is 2.12. The lowest BCUT2D eigenvalue weighted by Gasteiger charge is -2.21. The number of nitrogens with zero attached hydrogens (tertiary/aromatic N) is 2. The third-order valence-corrected chi connectivity index (χ3v) is 2.53. The van der Waals surface area contributed by atoms with E-state index < -0.39 is 0 Å². The highest BCUT2D eigenvalue weighted by molar-refractivity contribution is 5.45. The molecule has 2 rings (SSSR count). The summed E-state index contributed by atoms with van der Waals surface area (Å²) in [6.45, 7) is 5.78. The van der Waals surface area contributed by atoms with Crippen LogP contribution in [0.5, 0.6) is 0 Å². The highest BCUT2D eigenvalue weighted by atomic mass is 16.5.